The highest BCUT2D eigenvalue weighted by atomic mass is 15.3. The maximum Gasteiger partial charge on any atom is 0.142 e. The Morgan fingerprint density at radius 1 is 1.04 bits per heavy atom. The predicted molar refractivity (Wildman–Crippen MR) is 97.4 cm³/mol. The lowest BCUT2D eigenvalue weighted by molar-refractivity contribution is 0.0692. The Balaban J connectivity index is 1.36. The standard InChI is InChI=1S/C18H28N6/c1-14(2)22-9-11-23(12-10-22)15-4-7-24(8-5-15)18-16-3-6-19-17(16)20-13-21-18/h3,6,13-15H,4-5,7-12H2,1-2H3,(H,19,20,21). The number of aromatic nitrogens is 3. The molecule has 2 saturated heterocycles. The van der Waals surface area contributed by atoms with Crippen molar-refractivity contribution >= 4 is 16.9 Å². The van der Waals surface area contributed by atoms with E-state index in [9.17, 15) is 0 Å². The average molecular weight is 328 g/mol. The van der Waals surface area contributed by atoms with Gasteiger partial charge in [-0.2, -0.15) is 0 Å². The van der Waals surface area contributed by atoms with Gasteiger partial charge >= 0.3 is 0 Å². The number of fused-ring (bicyclic) bond motifs is 1. The normalized spacial score (nSPS) is 21.9. The van der Waals surface area contributed by atoms with Crippen molar-refractivity contribution in [1.29, 1.82) is 0 Å². The quantitative estimate of drug-likeness (QED) is 0.933. The fourth-order valence-electron chi connectivity index (χ4n) is 4.17. The minimum atomic E-state index is 0.676. The smallest absolute Gasteiger partial charge is 0.142 e. The van der Waals surface area contributed by atoms with Gasteiger partial charge in [-0.3, -0.25) is 9.80 Å². The largest absolute Gasteiger partial charge is 0.356 e. The van der Waals surface area contributed by atoms with Gasteiger partial charge in [0.2, 0.25) is 0 Å². The highest BCUT2D eigenvalue weighted by Crippen LogP contribution is 2.26. The molecule has 2 aliphatic heterocycles. The van der Waals surface area contributed by atoms with E-state index in [-0.39, 0.29) is 0 Å². The number of piperazine rings is 1. The van der Waals surface area contributed by atoms with Crippen molar-refractivity contribution in [2.45, 2.75) is 38.8 Å². The average Bonchev–Trinajstić information content (AvgIpc) is 3.11. The fraction of sp³-hybridized carbons (Fsp3) is 0.667. The van der Waals surface area contributed by atoms with Crippen LogP contribution in [0.15, 0.2) is 18.6 Å². The van der Waals surface area contributed by atoms with Crippen LogP contribution in [0.25, 0.3) is 11.0 Å². The van der Waals surface area contributed by atoms with E-state index in [0.717, 1.165) is 36.0 Å². The first-order chi connectivity index (χ1) is 11.7. The third-order valence-corrected chi connectivity index (χ3v) is 5.69. The van der Waals surface area contributed by atoms with E-state index < -0.39 is 0 Å². The summed E-state index contributed by atoms with van der Waals surface area (Å²) < 4.78 is 0. The molecular formula is C18H28N6. The number of hydrogen-bond donors (Lipinski definition) is 1. The van der Waals surface area contributed by atoms with E-state index >= 15 is 0 Å². The molecular weight excluding hydrogens is 300 g/mol. The molecule has 0 amide bonds. The third kappa shape index (κ3) is 3.00. The molecule has 2 aromatic heterocycles. The van der Waals surface area contributed by atoms with E-state index in [0.29, 0.717) is 6.04 Å². The molecule has 6 nitrogen and oxygen atoms in total. The molecule has 6 heteroatoms. The van der Waals surface area contributed by atoms with Gasteiger partial charge in [0.1, 0.15) is 17.8 Å². The van der Waals surface area contributed by atoms with Crippen LogP contribution >= 0.6 is 0 Å². The molecule has 0 aromatic carbocycles. The lowest BCUT2D eigenvalue weighted by Gasteiger charge is -2.44. The van der Waals surface area contributed by atoms with Crippen molar-refractivity contribution in [2.75, 3.05) is 44.2 Å². The first-order valence-corrected chi connectivity index (χ1v) is 9.23. The maximum absolute atomic E-state index is 4.54. The molecule has 24 heavy (non-hydrogen) atoms. The zero-order valence-electron chi connectivity index (χ0n) is 14.8. The molecule has 4 heterocycles. The van der Waals surface area contributed by atoms with Crippen LogP contribution in [-0.4, -0.2) is 76.1 Å². The second kappa shape index (κ2) is 6.69. The highest BCUT2D eigenvalue weighted by Gasteiger charge is 2.28. The number of nitrogens with one attached hydrogen (secondary N) is 1. The fourth-order valence-corrected chi connectivity index (χ4v) is 4.17. The summed E-state index contributed by atoms with van der Waals surface area (Å²) in [6.07, 6.45) is 6.09. The van der Waals surface area contributed by atoms with Crippen molar-refractivity contribution in [1.82, 2.24) is 24.8 Å². The summed E-state index contributed by atoms with van der Waals surface area (Å²) in [6, 6.07) is 3.50. The van der Waals surface area contributed by atoms with Gasteiger partial charge in [0, 0.05) is 57.5 Å². The van der Waals surface area contributed by atoms with Crippen LogP contribution in [0.2, 0.25) is 0 Å². The zero-order chi connectivity index (χ0) is 16.5. The molecule has 0 unspecified atom stereocenters. The lowest BCUT2D eigenvalue weighted by Crippen LogP contribution is -2.54. The molecule has 0 spiro atoms. The molecule has 0 bridgehead atoms. The Morgan fingerprint density at radius 3 is 2.50 bits per heavy atom. The minimum absolute atomic E-state index is 0.676. The molecule has 0 radical (unpaired) electrons. The first-order valence-electron chi connectivity index (χ1n) is 9.23. The van der Waals surface area contributed by atoms with Gasteiger partial charge in [-0.1, -0.05) is 0 Å². The van der Waals surface area contributed by atoms with Crippen molar-refractivity contribution in [3.63, 3.8) is 0 Å². The molecule has 0 atom stereocenters. The van der Waals surface area contributed by atoms with Gasteiger partial charge < -0.3 is 9.88 Å². The van der Waals surface area contributed by atoms with Gasteiger partial charge in [0.05, 0.1) is 5.39 Å². The van der Waals surface area contributed by atoms with E-state index in [1.807, 2.05) is 6.20 Å². The molecule has 4 rings (SSSR count). The summed E-state index contributed by atoms with van der Waals surface area (Å²) in [5.41, 5.74) is 0.937. The number of H-pyrrole nitrogens is 1. The van der Waals surface area contributed by atoms with Crippen molar-refractivity contribution in [3.8, 4) is 0 Å². The van der Waals surface area contributed by atoms with Crippen LogP contribution in [0.1, 0.15) is 26.7 Å². The van der Waals surface area contributed by atoms with Crippen molar-refractivity contribution in [3.05, 3.63) is 18.6 Å². The second-order valence-corrected chi connectivity index (χ2v) is 7.32. The molecule has 2 fully saturated rings. The van der Waals surface area contributed by atoms with Crippen LogP contribution in [-0.2, 0) is 0 Å². The topological polar surface area (TPSA) is 51.3 Å². The third-order valence-electron chi connectivity index (χ3n) is 5.69. The molecule has 2 aliphatic rings. The molecule has 1 N–H and O–H groups in total. The summed E-state index contributed by atoms with van der Waals surface area (Å²) in [6.45, 7) is 11.7. The molecule has 130 valence electrons. The van der Waals surface area contributed by atoms with E-state index in [4.69, 9.17) is 0 Å². The van der Waals surface area contributed by atoms with Crippen LogP contribution in [0, 0.1) is 0 Å². The number of hydrogen-bond acceptors (Lipinski definition) is 5. The van der Waals surface area contributed by atoms with Gasteiger partial charge in [0.15, 0.2) is 0 Å². The van der Waals surface area contributed by atoms with Gasteiger partial charge in [0.25, 0.3) is 0 Å². The van der Waals surface area contributed by atoms with E-state index in [2.05, 4.69) is 49.6 Å². The monoisotopic (exact) mass is 328 g/mol. The Bertz CT molecular complexity index is 665. The summed E-state index contributed by atoms with van der Waals surface area (Å²) in [7, 11) is 0. The summed E-state index contributed by atoms with van der Waals surface area (Å²) >= 11 is 0. The SMILES string of the molecule is CC(C)N1CCN(C2CCN(c3ncnc4[nH]ccc34)CC2)CC1. The Labute approximate surface area is 143 Å². The molecule has 2 aromatic rings. The van der Waals surface area contributed by atoms with Gasteiger partial charge in [-0.15, -0.1) is 0 Å². The van der Waals surface area contributed by atoms with Crippen molar-refractivity contribution in [2.24, 2.45) is 0 Å². The van der Waals surface area contributed by atoms with Crippen LogP contribution in [0.3, 0.4) is 0 Å². The molecule has 0 saturated carbocycles. The van der Waals surface area contributed by atoms with E-state index in [1.54, 1.807) is 6.33 Å². The zero-order valence-corrected chi connectivity index (χ0v) is 14.8. The second-order valence-electron chi connectivity index (χ2n) is 7.32. The van der Waals surface area contributed by atoms with E-state index in [1.165, 1.54) is 39.0 Å². The number of aromatic amines is 1. The van der Waals surface area contributed by atoms with Crippen LogP contribution < -0.4 is 4.90 Å². The first kappa shape index (κ1) is 15.8. The lowest BCUT2D eigenvalue weighted by atomic mass is 10.0. The minimum Gasteiger partial charge on any atom is -0.356 e. The number of nitrogens with zero attached hydrogens (tertiary/aromatic N) is 5. The number of piperidine rings is 1. The van der Waals surface area contributed by atoms with Crippen LogP contribution in [0.4, 0.5) is 5.82 Å². The van der Waals surface area contributed by atoms with Gasteiger partial charge in [-0.25, -0.2) is 9.97 Å². The summed E-state index contributed by atoms with van der Waals surface area (Å²) in [4.78, 5) is 19.8. The maximum atomic E-state index is 4.54. The Morgan fingerprint density at radius 2 is 1.79 bits per heavy atom. The number of rotatable bonds is 3. The Kier molecular flexibility index (Phi) is 4.41. The number of anilines is 1. The summed E-state index contributed by atoms with van der Waals surface area (Å²) in [5, 5.41) is 1.14. The predicted octanol–water partition coefficient (Wildman–Crippen LogP) is 1.95. The van der Waals surface area contributed by atoms with Crippen molar-refractivity contribution < 1.29 is 0 Å². The van der Waals surface area contributed by atoms with Crippen LogP contribution in [0.5, 0.6) is 0 Å². The van der Waals surface area contributed by atoms with Gasteiger partial charge in [-0.05, 0) is 32.8 Å². The molecule has 0 aliphatic carbocycles. The summed E-state index contributed by atoms with van der Waals surface area (Å²) in [5.74, 6) is 1.09. The highest BCUT2D eigenvalue weighted by molar-refractivity contribution is 5.87. The Hall–Kier alpha value is -1.66.